The smallest absolute Gasteiger partial charge is 0.131 e. The normalized spacial score (nSPS) is 11.0. The van der Waals surface area contributed by atoms with Gasteiger partial charge >= 0.3 is 0 Å². The molecule has 0 spiro atoms. The Kier molecular flexibility index (Phi) is 5.51. The molecule has 4 nitrogen and oxygen atoms in total. The Bertz CT molecular complexity index is 851. The summed E-state index contributed by atoms with van der Waals surface area (Å²) in [6.45, 7) is 0.691. The first kappa shape index (κ1) is 17.6. The van der Waals surface area contributed by atoms with E-state index in [4.69, 9.17) is 26.8 Å². The molecule has 0 aliphatic heterocycles. The fourth-order valence-electron chi connectivity index (χ4n) is 3.25. The molecular formula is C20H23ClN2O2. The van der Waals surface area contributed by atoms with Crippen molar-refractivity contribution in [3.8, 4) is 22.8 Å². The fraction of sp³-hybridized carbons (Fsp3) is 0.300. The number of fused-ring (bicyclic) bond motifs is 1. The number of unbranched alkanes of at least 4 members (excludes halogenated alkanes) is 1. The maximum absolute atomic E-state index is 6.42. The number of methoxy groups -OCH3 is 2. The van der Waals surface area contributed by atoms with Crippen LogP contribution in [0.15, 0.2) is 36.4 Å². The van der Waals surface area contributed by atoms with Crippen molar-refractivity contribution in [3.05, 3.63) is 47.0 Å². The highest BCUT2D eigenvalue weighted by Crippen LogP contribution is 2.43. The number of para-hydroxylation sites is 1. The number of hydrogen-bond donors (Lipinski definition) is 2. The highest BCUT2D eigenvalue weighted by atomic mass is 35.5. The van der Waals surface area contributed by atoms with Crippen LogP contribution in [0.4, 0.5) is 0 Å². The van der Waals surface area contributed by atoms with Gasteiger partial charge in [0.25, 0.3) is 0 Å². The number of aryl methyl sites for hydroxylation is 1. The number of hydrogen-bond acceptors (Lipinski definition) is 3. The lowest BCUT2D eigenvalue weighted by Crippen LogP contribution is -2.00. The summed E-state index contributed by atoms with van der Waals surface area (Å²) >= 11 is 6.42. The van der Waals surface area contributed by atoms with Gasteiger partial charge in [-0.3, -0.25) is 0 Å². The minimum atomic E-state index is 0.691. The Labute approximate surface area is 152 Å². The van der Waals surface area contributed by atoms with Crippen LogP contribution in [-0.4, -0.2) is 25.7 Å². The van der Waals surface area contributed by atoms with Gasteiger partial charge in [-0.05, 0) is 49.6 Å². The molecule has 0 atom stereocenters. The molecule has 0 aliphatic carbocycles. The summed E-state index contributed by atoms with van der Waals surface area (Å²) in [4.78, 5) is 3.50. The van der Waals surface area contributed by atoms with E-state index in [-0.39, 0.29) is 0 Å². The number of H-pyrrole nitrogens is 1. The molecule has 0 bridgehead atoms. The number of aromatic amines is 1. The van der Waals surface area contributed by atoms with E-state index in [0.717, 1.165) is 52.9 Å². The van der Waals surface area contributed by atoms with Crippen LogP contribution in [0.3, 0.4) is 0 Å². The molecule has 2 aromatic carbocycles. The van der Waals surface area contributed by atoms with Gasteiger partial charge in [0.15, 0.2) is 0 Å². The van der Waals surface area contributed by atoms with Gasteiger partial charge in [-0.25, -0.2) is 0 Å². The molecule has 5 heteroatoms. The Morgan fingerprint density at radius 2 is 1.68 bits per heavy atom. The van der Waals surface area contributed by atoms with Crippen molar-refractivity contribution in [2.75, 3.05) is 20.8 Å². The highest BCUT2D eigenvalue weighted by Gasteiger charge is 2.20. The predicted octanol–water partition coefficient (Wildman–Crippen LogP) is 4.79. The number of aromatic nitrogens is 1. The Balaban J connectivity index is 2.25. The van der Waals surface area contributed by atoms with Gasteiger partial charge in [0.05, 0.1) is 36.0 Å². The molecule has 3 aromatic rings. The number of halogens is 1. The molecule has 132 valence electrons. The number of rotatable bonds is 7. The molecule has 0 radical (unpaired) electrons. The summed E-state index contributed by atoms with van der Waals surface area (Å²) < 4.78 is 11.2. The molecule has 0 saturated heterocycles. The fourth-order valence-corrected chi connectivity index (χ4v) is 3.48. The molecule has 0 unspecified atom stereocenters. The average molecular weight is 359 g/mol. The highest BCUT2D eigenvalue weighted by molar-refractivity contribution is 6.35. The average Bonchev–Trinajstić information content (AvgIpc) is 3.01. The molecular weight excluding hydrogens is 336 g/mol. The van der Waals surface area contributed by atoms with E-state index in [9.17, 15) is 0 Å². The second-order valence-corrected chi connectivity index (χ2v) is 6.33. The summed E-state index contributed by atoms with van der Waals surface area (Å²) in [5.41, 5.74) is 9.75. The Hall–Kier alpha value is -2.17. The molecule has 3 rings (SSSR count). The van der Waals surface area contributed by atoms with E-state index >= 15 is 0 Å². The molecule has 3 N–H and O–H groups in total. The third kappa shape index (κ3) is 3.32. The number of nitrogens with one attached hydrogen (secondary N) is 1. The van der Waals surface area contributed by atoms with Crippen LogP contribution in [0.2, 0.25) is 5.02 Å². The van der Waals surface area contributed by atoms with Crippen molar-refractivity contribution < 1.29 is 9.47 Å². The lowest BCUT2D eigenvalue weighted by atomic mass is 9.99. The SMILES string of the molecule is COc1cccc(OC)c1-c1[nH]c2c(Cl)cccc2c1CCCCN. The van der Waals surface area contributed by atoms with E-state index in [1.165, 1.54) is 5.56 Å². The zero-order chi connectivity index (χ0) is 17.8. The van der Waals surface area contributed by atoms with Gasteiger partial charge in [-0.2, -0.15) is 0 Å². The van der Waals surface area contributed by atoms with Gasteiger partial charge < -0.3 is 20.2 Å². The third-order valence-electron chi connectivity index (χ3n) is 4.45. The topological polar surface area (TPSA) is 60.3 Å². The lowest BCUT2D eigenvalue weighted by Gasteiger charge is -2.14. The van der Waals surface area contributed by atoms with Crippen molar-refractivity contribution >= 4 is 22.5 Å². The zero-order valence-electron chi connectivity index (χ0n) is 14.6. The first-order valence-corrected chi connectivity index (χ1v) is 8.79. The quantitative estimate of drug-likeness (QED) is 0.597. The van der Waals surface area contributed by atoms with Crippen molar-refractivity contribution in [1.29, 1.82) is 0 Å². The zero-order valence-corrected chi connectivity index (χ0v) is 15.3. The summed E-state index contributed by atoms with van der Waals surface area (Å²) in [6.07, 6.45) is 2.91. The van der Waals surface area contributed by atoms with Crippen LogP contribution >= 0.6 is 11.6 Å². The minimum Gasteiger partial charge on any atom is -0.496 e. The summed E-state index contributed by atoms with van der Waals surface area (Å²) in [5, 5.41) is 1.84. The first-order valence-electron chi connectivity index (χ1n) is 8.41. The summed E-state index contributed by atoms with van der Waals surface area (Å²) in [7, 11) is 3.34. The van der Waals surface area contributed by atoms with Gasteiger partial charge in [0.2, 0.25) is 0 Å². The monoisotopic (exact) mass is 358 g/mol. The third-order valence-corrected chi connectivity index (χ3v) is 4.76. The summed E-state index contributed by atoms with van der Waals surface area (Å²) in [6, 6.07) is 11.8. The van der Waals surface area contributed by atoms with Crippen molar-refractivity contribution in [1.82, 2.24) is 4.98 Å². The van der Waals surface area contributed by atoms with Gasteiger partial charge in [-0.1, -0.05) is 29.8 Å². The largest absolute Gasteiger partial charge is 0.496 e. The summed E-state index contributed by atoms with van der Waals surface area (Å²) in [5.74, 6) is 1.53. The van der Waals surface area contributed by atoms with Gasteiger partial charge in [0, 0.05) is 5.39 Å². The van der Waals surface area contributed by atoms with Crippen LogP contribution < -0.4 is 15.2 Å². The Morgan fingerprint density at radius 1 is 1.00 bits per heavy atom. The molecule has 25 heavy (non-hydrogen) atoms. The van der Waals surface area contributed by atoms with E-state index in [0.29, 0.717) is 11.6 Å². The van der Waals surface area contributed by atoms with E-state index in [1.54, 1.807) is 14.2 Å². The second kappa shape index (κ2) is 7.81. The van der Waals surface area contributed by atoms with Crippen molar-refractivity contribution in [3.63, 3.8) is 0 Å². The van der Waals surface area contributed by atoms with Crippen LogP contribution in [0.5, 0.6) is 11.5 Å². The number of nitrogens with two attached hydrogens (primary N) is 1. The maximum atomic E-state index is 6.42. The van der Waals surface area contributed by atoms with E-state index < -0.39 is 0 Å². The van der Waals surface area contributed by atoms with E-state index in [2.05, 4.69) is 11.1 Å². The van der Waals surface area contributed by atoms with Crippen LogP contribution in [0.25, 0.3) is 22.2 Å². The van der Waals surface area contributed by atoms with Crippen LogP contribution in [-0.2, 0) is 6.42 Å². The molecule has 0 amide bonds. The van der Waals surface area contributed by atoms with Crippen LogP contribution in [0, 0.1) is 0 Å². The molecule has 1 aromatic heterocycles. The van der Waals surface area contributed by atoms with Gasteiger partial charge in [-0.15, -0.1) is 0 Å². The van der Waals surface area contributed by atoms with Crippen LogP contribution in [0.1, 0.15) is 18.4 Å². The second-order valence-electron chi connectivity index (χ2n) is 5.92. The standard InChI is InChI=1S/C20H23ClN2O2/c1-24-16-10-6-11-17(25-2)18(16)20-14(7-3-4-12-22)13-8-5-9-15(21)19(13)23-20/h5-6,8-11,23H,3-4,7,12,22H2,1-2H3. The minimum absolute atomic E-state index is 0.691. The number of ether oxygens (including phenoxy) is 2. The maximum Gasteiger partial charge on any atom is 0.131 e. The van der Waals surface area contributed by atoms with E-state index in [1.807, 2.05) is 30.3 Å². The number of benzene rings is 2. The molecule has 0 aliphatic rings. The van der Waals surface area contributed by atoms with Crippen molar-refractivity contribution in [2.45, 2.75) is 19.3 Å². The van der Waals surface area contributed by atoms with Crippen molar-refractivity contribution in [2.24, 2.45) is 5.73 Å². The molecule has 1 heterocycles. The Morgan fingerprint density at radius 3 is 2.32 bits per heavy atom. The van der Waals surface area contributed by atoms with Gasteiger partial charge in [0.1, 0.15) is 11.5 Å². The molecule has 0 saturated carbocycles. The lowest BCUT2D eigenvalue weighted by molar-refractivity contribution is 0.397. The molecule has 0 fully saturated rings. The first-order chi connectivity index (χ1) is 12.2. The predicted molar refractivity (Wildman–Crippen MR) is 104 cm³/mol.